The van der Waals surface area contributed by atoms with E-state index in [2.05, 4.69) is 15.3 Å². The molecule has 0 atom stereocenters. The Hall–Kier alpha value is -2.63. The zero-order chi connectivity index (χ0) is 13.5. The predicted octanol–water partition coefficient (Wildman–Crippen LogP) is 1.47. The standard InChI is InChI=1S/C13H14N4O2/c14-10-1-3-11(4-2-10)19-8-5-13(18)17-12-9-15-6-7-16-12/h1-4,6-7,9H,5,8,14H2,(H,16,17,18). The number of nitrogens with one attached hydrogen (secondary N) is 1. The SMILES string of the molecule is Nc1ccc(OCCC(=O)Nc2cnccn2)cc1. The molecule has 1 amide bonds. The molecule has 6 heteroatoms. The summed E-state index contributed by atoms with van der Waals surface area (Å²) in [4.78, 5) is 19.4. The quantitative estimate of drug-likeness (QED) is 0.792. The number of hydrogen-bond donors (Lipinski definition) is 2. The highest BCUT2D eigenvalue weighted by molar-refractivity contribution is 5.89. The van der Waals surface area contributed by atoms with E-state index in [1.54, 1.807) is 30.5 Å². The molecular formula is C13H14N4O2. The normalized spacial score (nSPS) is 9.89. The van der Waals surface area contributed by atoms with Crippen molar-refractivity contribution in [1.82, 2.24) is 9.97 Å². The highest BCUT2D eigenvalue weighted by Gasteiger charge is 2.03. The van der Waals surface area contributed by atoms with Gasteiger partial charge in [0.05, 0.1) is 19.2 Å². The number of carbonyl (C=O) groups is 1. The van der Waals surface area contributed by atoms with Crippen molar-refractivity contribution in [3.63, 3.8) is 0 Å². The third kappa shape index (κ3) is 4.27. The van der Waals surface area contributed by atoms with E-state index in [4.69, 9.17) is 10.5 Å². The summed E-state index contributed by atoms with van der Waals surface area (Å²) in [5, 5.41) is 2.62. The summed E-state index contributed by atoms with van der Waals surface area (Å²) in [6.45, 7) is 0.288. The number of carbonyl (C=O) groups excluding carboxylic acids is 1. The van der Waals surface area contributed by atoms with E-state index in [0.29, 0.717) is 17.3 Å². The summed E-state index contributed by atoms with van der Waals surface area (Å²) >= 11 is 0. The molecule has 0 aliphatic carbocycles. The molecule has 0 fully saturated rings. The lowest BCUT2D eigenvalue weighted by molar-refractivity contribution is -0.116. The van der Waals surface area contributed by atoms with Gasteiger partial charge in [-0.05, 0) is 24.3 Å². The molecule has 0 aliphatic heterocycles. The Kier molecular flexibility index (Phi) is 4.28. The number of rotatable bonds is 5. The van der Waals surface area contributed by atoms with Crippen LogP contribution in [0.5, 0.6) is 5.75 Å². The molecule has 0 saturated heterocycles. The molecule has 19 heavy (non-hydrogen) atoms. The van der Waals surface area contributed by atoms with Crippen LogP contribution in [0.3, 0.4) is 0 Å². The number of benzene rings is 1. The van der Waals surface area contributed by atoms with E-state index >= 15 is 0 Å². The number of nitrogens with two attached hydrogens (primary N) is 1. The molecule has 0 spiro atoms. The van der Waals surface area contributed by atoms with Gasteiger partial charge in [-0.2, -0.15) is 0 Å². The van der Waals surface area contributed by atoms with Crippen molar-refractivity contribution < 1.29 is 9.53 Å². The van der Waals surface area contributed by atoms with Crippen LogP contribution >= 0.6 is 0 Å². The Labute approximate surface area is 110 Å². The Balaban J connectivity index is 1.74. The summed E-state index contributed by atoms with van der Waals surface area (Å²) in [5.41, 5.74) is 6.23. The summed E-state index contributed by atoms with van der Waals surface area (Å²) in [5.74, 6) is 0.942. The number of ether oxygens (including phenoxy) is 1. The molecule has 0 unspecified atom stereocenters. The fourth-order valence-electron chi connectivity index (χ4n) is 1.39. The molecule has 0 radical (unpaired) electrons. The molecule has 2 aromatic rings. The monoisotopic (exact) mass is 258 g/mol. The second-order valence-electron chi connectivity index (χ2n) is 3.81. The van der Waals surface area contributed by atoms with E-state index in [1.807, 2.05) is 0 Å². The van der Waals surface area contributed by atoms with Crippen molar-refractivity contribution in [3.8, 4) is 5.75 Å². The third-order valence-corrected chi connectivity index (χ3v) is 2.31. The first kappa shape index (κ1) is 12.8. The average Bonchev–Trinajstić information content (AvgIpc) is 2.42. The lowest BCUT2D eigenvalue weighted by atomic mass is 10.3. The number of aromatic nitrogens is 2. The van der Waals surface area contributed by atoms with Crippen LogP contribution in [0.2, 0.25) is 0 Å². The lowest BCUT2D eigenvalue weighted by Crippen LogP contribution is -2.16. The maximum atomic E-state index is 11.6. The summed E-state index contributed by atoms with van der Waals surface area (Å²) in [6.07, 6.45) is 4.78. The van der Waals surface area contributed by atoms with Crippen LogP contribution in [-0.4, -0.2) is 22.5 Å². The highest BCUT2D eigenvalue weighted by atomic mass is 16.5. The Bertz CT molecular complexity index is 528. The number of anilines is 2. The summed E-state index contributed by atoms with van der Waals surface area (Å²) in [6, 6.07) is 7.01. The summed E-state index contributed by atoms with van der Waals surface area (Å²) < 4.78 is 5.42. The number of nitrogens with zero attached hydrogens (tertiary/aromatic N) is 2. The fraction of sp³-hybridized carbons (Fsp3) is 0.154. The van der Waals surface area contributed by atoms with Gasteiger partial charge in [-0.3, -0.25) is 9.78 Å². The first-order chi connectivity index (χ1) is 9.24. The predicted molar refractivity (Wildman–Crippen MR) is 71.6 cm³/mol. The van der Waals surface area contributed by atoms with E-state index < -0.39 is 0 Å². The van der Waals surface area contributed by atoms with Crippen LogP contribution in [0.15, 0.2) is 42.9 Å². The van der Waals surface area contributed by atoms with Gasteiger partial charge in [0.2, 0.25) is 5.91 Å². The maximum Gasteiger partial charge on any atom is 0.228 e. The van der Waals surface area contributed by atoms with Crippen molar-refractivity contribution in [2.75, 3.05) is 17.7 Å². The molecule has 98 valence electrons. The van der Waals surface area contributed by atoms with Crippen LogP contribution in [0.25, 0.3) is 0 Å². The summed E-state index contributed by atoms with van der Waals surface area (Å²) in [7, 11) is 0. The Morgan fingerprint density at radius 3 is 2.74 bits per heavy atom. The first-order valence-electron chi connectivity index (χ1n) is 5.78. The van der Waals surface area contributed by atoms with Crippen molar-refractivity contribution in [2.45, 2.75) is 6.42 Å². The zero-order valence-electron chi connectivity index (χ0n) is 10.2. The van der Waals surface area contributed by atoms with Gasteiger partial charge >= 0.3 is 0 Å². The van der Waals surface area contributed by atoms with Crippen molar-refractivity contribution in [2.24, 2.45) is 0 Å². The van der Waals surface area contributed by atoms with Gasteiger partial charge in [-0.25, -0.2) is 4.98 Å². The largest absolute Gasteiger partial charge is 0.493 e. The van der Waals surface area contributed by atoms with Gasteiger partial charge in [-0.1, -0.05) is 0 Å². The van der Waals surface area contributed by atoms with Gasteiger partial charge < -0.3 is 15.8 Å². The maximum absolute atomic E-state index is 11.6. The minimum atomic E-state index is -0.170. The topological polar surface area (TPSA) is 90.1 Å². The van der Waals surface area contributed by atoms with E-state index in [0.717, 1.165) is 0 Å². The van der Waals surface area contributed by atoms with Crippen molar-refractivity contribution in [3.05, 3.63) is 42.9 Å². The van der Waals surface area contributed by atoms with Gasteiger partial charge in [0.1, 0.15) is 5.75 Å². The smallest absolute Gasteiger partial charge is 0.228 e. The molecule has 3 N–H and O–H groups in total. The van der Waals surface area contributed by atoms with Crippen molar-refractivity contribution in [1.29, 1.82) is 0 Å². The van der Waals surface area contributed by atoms with Gasteiger partial charge in [-0.15, -0.1) is 0 Å². The lowest BCUT2D eigenvalue weighted by Gasteiger charge is -2.06. The molecule has 0 saturated carbocycles. The van der Waals surface area contributed by atoms with Gasteiger partial charge in [0.25, 0.3) is 0 Å². The molecule has 0 bridgehead atoms. The molecule has 0 aliphatic rings. The van der Waals surface area contributed by atoms with E-state index in [1.165, 1.54) is 12.4 Å². The molecule has 1 aromatic heterocycles. The van der Waals surface area contributed by atoms with Crippen LogP contribution in [-0.2, 0) is 4.79 Å². The highest BCUT2D eigenvalue weighted by Crippen LogP contribution is 2.13. The van der Waals surface area contributed by atoms with Crippen LogP contribution in [0.4, 0.5) is 11.5 Å². The average molecular weight is 258 g/mol. The minimum Gasteiger partial charge on any atom is -0.493 e. The van der Waals surface area contributed by atoms with Crippen LogP contribution in [0, 0.1) is 0 Å². The molecule has 1 heterocycles. The second-order valence-corrected chi connectivity index (χ2v) is 3.81. The minimum absolute atomic E-state index is 0.170. The van der Waals surface area contributed by atoms with Gasteiger partial charge in [0.15, 0.2) is 5.82 Å². The number of amides is 1. The Morgan fingerprint density at radius 2 is 2.05 bits per heavy atom. The first-order valence-corrected chi connectivity index (χ1v) is 5.78. The Morgan fingerprint density at radius 1 is 1.26 bits per heavy atom. The number of hydrogen-bond acceptors (Lipinski definition) is 5. The third-order valence-electron chi connectivity index (χ3n) is 2.31. The van der Waals surface area contributed by atoms with E-state index in [-0.39, 0.29) is 18.9 Å². The van der Waals surface area contributed by atoms with Crippen LogP contribution < -0.4 is 15.8 Å². The van der Waals surface area contributed by atoms with E-state index in [9.17, 15) is 4.79 Å². The second kappa shape index (κ2) is 6.34. The van der Waals surface area contributed by atoms with Crippen molar-refractivity contribution >= 4 is 17.4 Å². The number of nitrogen functional groups attached to an aromatic ring is 1. The zero-order valence-corrected chi connectivity index (χ0v) is 10.2. The fourth-order valence-corrected chi connectivity index (χ4v) is 1.39. The van der Waals surface area contributed by atoms with Gasteiger partial charge in [0, 0.05) is 18.1 Å². The molecule has 2 rings (SSSR count). The molecular weight excluding hydrogens is 244 g/mol. The molecule has 1 aromatic carbocycles. The molecule has 6 nitrogen and oxygen atoms in total. The van der Waals surface area contributed by atoms with Crippen LogP contribution in [0.1, 0.15) is 6.42 Å².